The normalized spacial score (nSPS) is 18.8. The molecule has 2 saturated heterocycles. The number of aryl methyl sites for hydroxylation is 1. The number of rotatable bonds is 5. The largest absolute Gasteiger partial charge is 0.455 e. The summed E-state index contributed by atoms with van der Waals surface area (Å²) >= 11 is 0. The summed E-state index contributed by atoms with van der Waals surface area (Å²) in [6.45, 7) is 12.7. The molecule has 0 atom stereocenters. The predicted molar refractivity (Wildman–Crippen MR) is 119 cm³/mol. The molecule has 1 amide bonds. The van der Waals surface area contributed by atoms with E-state index in [1.54, 1.807) is 6.07 Å². The topological polar surface area (TPSA) is 55.2 Å². The zero-order chi connectivity index (χ0) is 22.1. The second kappa shape index (κ2) is 8.77. The van der Waals surface area contributed by atoms with E-state index in [0.717, 1.165) is 12.3 Å². The van der Waals surface area contributed by atoms with E-state index < -0.39 is 5.79 Å². The molecule has 0 radical (unpaired) electrons. The summed E-state index contributed by atoms with van der Waals surface area (Å²) in [6, 6.07) is 12.4. The highest BCUT2D eigenvalue weighted by Gasteiger charge is 2.41. The molecule has 0 unspecified atom stereocenters. The summed E-state index contributed by atoms with van der Waals surface area (Å²) in [5.41, 5.74) is 2.49. The maximum absolute atomic E-state index is 13.0. The molecule has 2 fully saturated rings. The van der Waals surface area contributed by atoms with Crippen LogP contribution in [-0.4, -0.2) is 53.3 Å². The zero-order valence-corrected chi connectivity index (χ0v) is 19.1. The van der Waals surface area contributed by atoms with Gasteiger partial charge in [0.05, 0.1) is 19.8 Å². The summed E-state index contributed by atoms with van der Waals surface area (Å²) in [5.74, 6) is 0.679. The Labute approximate surface area is 185 Å². The summed E-state index contributed by atoms with van der Waals surface area (Å²) in [5, 5.41) is 0. The van der Waals surface area contributed by atoms with Crippen LogP contribution in [0.5, 0.6) is 0 Å². The second-order valence-electron chi connectivity index (χ2n) is 9.68. The monoisotopic (exact) mass is 426 g/mol. The van der Waals surface area contributed by atoms with Crippen molar-refractivity contribution in [2.75, 3.05) is 26.3 Å². The van der Waals surface area contributed by atoms with Crippen molar-refractivity contribution < 1.29 is 18.7 Å². The lowest BCUT2D eigenvalue weighted by atomic mass is 10.0. The smallest absolute Gasteiger partial charge is 0.289 e. The standard InChI is InChI=1S/C25H34N2O4/c1-19-5-7-20(8-6-19)17-27(24(2,3)4)18-21-9-10-22(31-21)23(28)26-13-11-25(12-14-26)29-15-16-30-25/h5-10H,11-18H2,1-4H3. The molecule has 1 aromatic heterocycles. The number of piperidine rings is 1. The third kappa shape index (κ3) is 5.20. The van der Waals surface area contributed by atoms with Gasteiger partial charge in [-0.25, -0.2) is 0 Å². The molecule has 6 nitrogen and oxygen atoms in total. The van der Waals surface area contributed by atoms with Gasteiger partial charge in [0.2, 0.25) is 0 Å². The molecule has 2 aromatic rings. The van der Waals surface area contributed by atoms with Crippen molar-refractivity contribution in [1.82, 2.24) is 9.80 Å². The Morgan fingerprint density at radius 1 is 1.00 bits per heavy atom. The molecule has 0 bridgehead atoms. The lowest BCUT2D eigenvalue weighted by Crippen LogP contribution is -2.47. The minimum atomic E-state index is -0.478. The Hall–Kier alpha value is -2.15. The van der Waals surface area contributed by atoms with Crippen molar-refractivity contribution in [3.8, 4) is 0 Å². The summed E-state index contributed by atoms with van der Waals surface area (Å²) in [7, 11) is 0. The van der Waals surface area contributed by atoms with Crippen LogP contribution in [0.15, 0.2) is 40.8 Å². The molecular weight excluding hydrogens is 392 g/mol. The third-order valence-corrected chi connectivity index (χ3v) is 6.29. The van der Waals surface area contributed by atoms with Crippen LogP contribution in [-0.2, 0) is 22.6 Å². The van der Waals surface area contributed by atoms with Crippen LogP contribution in [0, 0.1) is 6.92 Å². The molecule has 6 heteroatoms. The van der Waals surface area contributed by atoms with Gasteiger partial charge in [-0.15, -0.1) is 0 Å². The first-order valence-electron chi connectivity index (χ1n) is 11.2. The zero-order valence-electron chi connectivity index (χ0n) is 19.1. The van der Waals surface area contributed by atoms with Gasteiger partial charge in [0, 0.05) is 38.0 Å². The third-order valence-electron chi connectivity index (χ3n) is 6.29. The van der Waals surface area contributed by atoms with Crippen LogP contribution in [0.1, 0.15) is 61.1 Å². The first-order chi connectivity index (χ1) is 14.7. The van der Waals surface area contributed by atoms with E-state index in [9.17, 15) is 4.79 Å². The van der Waals surface area contributed by atoms with Crippen molar-refractivity contribution >= 4 is 5.91 Å². The number of carbonyl (C=O) groups is 1. The highest BCUT2D eigenvalue weighted by atomic mass is 16.7. The number of nitrogens with zero attached hydrogens (tertiary/aromatic N) is 2. The van der Waals surface area contributed by atoms with E-state index in [-0.39, 0.29) is 11.4 Å². The van der Waals surface area contributed by atoms with Crippen LogP contribution in [0.4, 0.5) is 0 Å². The van der Waals surface area contributed by atoms with Crippen molar-refractivity contribution in [1.29, 1.82) is 0 Å². The van der Waals surface area contributed by atoms with E-state index in [4.69, 9.17) is 13.9 Å². The fourth-order valence-electron chi connectivity index (χ4n) is 4.20. The molecule has 4 rings (SSSR count). The molecule has 0 N–H and O–H groups in total. The highest BCUT2D eigenvalue weighted by molar-refractivity contribution is 5.91. The van der Waals surface area contributed by atoms with Crippen molar-refractivity contribution in [2.24, 2.45) is 0 Å². The van der Waals surface area contributed by atoms with E-state index in [0.29, 0.717) is 51.4 Å². The van der Waals surface area contributed by atoms with Gasteiger partial charge in [-0.2, -0.15) is 0 Å². The number of benzene rings is 1. The minimum Gasteiger partial charge on any atom is -0.455 e. The minimum absolute atomic E-state index is 0.0374. The Bertz CT molecular complexity index is 881. The molecular formula is C25H34N2O4. The van der Waals surface area contributed by atoms with Gasteiger partial charge < -0.3 is 18.8 Å². The molecule has 0 saturated carbocycles. The SMILES string of the molecule is Cc1ccc(CN(Cc2ccc(C(=O)N3CCC4(CC3)OCCO4)o2)C(C)(C)C)cc1. The molecule has 2 aliphatic rings. The van der Waals surface area contributed by atoms with Gasteiger partial charge in [0.1, 0.15) is 5.76 Å². The van der Waals surface area contributed by atoms with Crippen molar-refractivity contribution in [3.05, 3.63) is 59.0 Å². The number of likely N-dealkylation sites (tertiary alicyclic amines) is 1. The first kappa shape index (κ1) is 22.1. The lowest BCUT2D eigenvalue weighted by Gasteiger charge is -2.37. The first-order valence-corrected chi connectivity index (χ1v) is 11.2. The fourth-order valence-corrected chi connectivity index (χ4v) is 4.20. The van der Waals surface area contributed by atoms with Gasteiger partial charge in [-0.1, -0.05) is 29.8 Å². The Kier molecular flexibility index (Phi) is 6.24. The Balaban J connectivity index is 1.39. The molecule has 1 spiro atoms. The number of hydrogen-bond donors (Lipinski definition) is 0. The maximum Gasteiger partial charge on any atom is 0.289 e. The summed E-state index contributed by atoms with van der Waals surface area (Å²) < 4.78 is 17.5. The molecule has 0 aliphatic carbocycles. The average Bonchev–Trinajstić information content (AvgIpc) is 3.39. The Morgan fingerprint density at radius 2 is 1.65 bits per heavy atom. The van der Waals surface area contributed by atoms with Crippen LogP contribution in [0.25, 0.3) is 0 Å². The summed E-state index contributed by atoms with van der Waals surface area (Å²) in [4.78, 5) is 17.2. The summed E-state index contributed by atoms with van der Waals surface area (Å²) in [6.07, 6.45) is 1.42. The van der Waals surface area contributed by atoms with E-state index in [1.807, 2.05) is 11.0 Å². The van der Waals surface area contributed by atoms with Gasteiger partial charge in [-0.3, -0.25) is 9.69 Å². The molecule has 168 valence electrons. The highest BCUT2D eigenvalue weighted by Crippen LogP contribution is 2.32. The number of amides is 1. The lowest BCUT2D eigenvalue weighted by molar-refractivity contribution is -0.181. The van der Waals surface area contributed by atoms with Crippen molar-refractivity contribution in [2.45, 2.75) is 65.0 Å². The van der Waals surface area contributed by atoms with Crippen LogP contribution in [0.2, 0.25) is 0 Å². The number of furan rings is 1. The van der Waals surface area contributed by atoms with Crippen LogP contribution >= 0.6 is 0 Å². The van der Waals surface area contributed by atoms with E-state index in [1.165, 1.54) is 11.1 Å². The van der Waals surface area contributed by atoms with Crippen LogP contribution < -0.4 is 0 Å². The number of carbonyl (C=O) groups excluding carboxylic acids is 1. The quantitative estimate of drug-likeness (QED) is 0.711. The number of hydrogen-bond acceptors (Lipinski definition) is 5. The predicted octanol–water partition coefficient (Wildman–Crippen LogP) is 4.37. The average molecular weight is 427 g/mol. The van der Waals surface area contributed by atoms with E-state index in [2.05, 4.69) is 56.9 Å². The maximum atomic E-state index is 13.0. The van der Waals surface area contributed by atoms with Gasteiger partial charge in [-0.05, 0) is 45.4 Å². The fraction of sp³-hybridized carbons (Fsp3) is 0.560. The molecule has 2 aliphatic heterocycles. The van der Waals surface area contributed by atoms with Crippen LogP contribution in [0.3, 0.4) is 0 Å². The Morgan fingerprint density at radius 3 is 2.26 bits per heavy atom. The van der Waals surface area contributed by atoms with Gasteiger partial charge in [0.15, 0.2) is 11.5 Å². The van der Waals surface area contributed by atoms with Gasteiger partial charge in [0.25, 0.3) is 5.91 Å². The molecule has 1 aromatic carbocycles. The number of ether oxygens (including phenoxy) is 2. The second-order valence-corrected chi connectivity index (χ2v) is 9.68. The molecule has 31 heavy (non-hydrogen) atoms. The van der Waals surface area contributed by atoms with Gasteiger partial charge >= 0.3 is 0 Å². The van der Waals surface area contributed by atoms with E-state index >= 15 is 0 Å². The molecule has 3 heterocycles. The van der Waals surface area contributed by atoms with Crippen molar-refractivity contribution in [3.63, 3.8) is 0 Å².